The molecule has 2 N–H and O–H groups in total. The smallest absolute Gasteiger partial charge is 0.269 e. The summed E-state index contributed by atoms with van der Waals surface area (Å²) in [7, 11) is 0. The van der Waals surface area contributed by atoms with E-state index in [0.29, 0.717) is 22.7 Å². The molecule has 1 aliphatic rings. The van der Waals surface area contributed by atoms with Gasteiger partial charge in [-0.3, -0.25) is 9.36 Å². The Kier molecular flexibility index (Phi) is 4.20. The third kappa shape index (κ3) is 3.08. The van der Waals surface area contributed by atoms with E-state index in [9.17, 15) is 9.18 Å². The molecule has 6 heteroatoms. The van der Waals surface area contributed by atoms with Crippen molar-refractivity contribution < 1.29 is 9.18 Å². The van der Waals surface area contributed by atoms with Crippen LogP contribution in [-0.4, -0.2) is 22.0 Å². The zero-order chi connectivity index (χ0) is 18.1. The van der Waals surface area contributed by atoms with Crippen LogP contribution in [0.4, 0.5) is 4.39 Å². The van der Waals surface area contributed by atoms with Crippen molar-refractivity contribution in [2.24, 2.45) is 0 Å². The Balaban J connectivity index is 1.55. The number of imidazole rings is 1. The van der Waals surface area contributed by atoms with Crippen molar-refractivity contribution in [3.05, 3.63) is 82.6 Å². The normalized spacial score (nSPS) is 14.8. The van der Waals surface area contributed by atoms with Crippen LogP contribution in [0.1, 0.15) is 28.9 Å². The van der Waals surface area contributed by atoms with Crippen molar-refractivity contribution >= 4 is 18.1 Å². The summed E-state index contributed by atoms with van der Waals surface area (Å²) in [6.07, 6.45) is 3.71. The summed E-state index contributed by atoms with van der Waals surface area (Å²) >= 11 is 5.29. The Hall–Kier alpha value is -2.73. The highest BCUT2D eigenvalue weighted by Gasteiger charge is 2.44. The highest BCUT2D eigenvalue weighted by molar-refractivity contribution is 7.71. The van der Waals surface area contributed by atoms with E-state index in [1.807, 2.05) is 18.2 Å². The van der Waals surface area contributed by atoms with E-state index < -0.39 is 0 Å². The van der Waals surface area contributed by atoms with Gasteiger partial charge in [0.1, 0.15) is 11.5 Å². The largest absolute Gasteiger partial charge is 0.350 e. The Morgan fingerprint density at radius 3 is 2.50 bits per heavy atom. The molecular weight excluding hydrogens is 349 g/mol. The number of carbonyl (C=O) groups excluding carboxylic acids is 1. The van der Waals surface area contributed by atoms with E-state index in [1.165, 1.54) is 17.7 Å². The van der Waals surface area contributed by atoms with Crippen LogP contribution in [0, 0.1) is 10.6 Å². The monoisotopic (exact) mass is 367 g/mol. The molecule has 1 heterocycles. The van der Waals surface area contributed by atoms with Crippen LogP contribution in [0.25, 0.3) is 5.69 Å². The van der Waals surface area contributed by atoms with E-state index in [1.54, 1.807) is 22.9 Å². The van der Waals surface area contributed by atoms with Gasteiger partial charge in [0.2, 0.25) is 0 Å². The molecule has 3 aromatic rings. The number of aromatic nitrogens is 2. The lowest BCUT2D eigenvalue weighted by atomic mass is 9.96. The van der Waals surface area contributed by atoms with E-state index in [-0.39, 0.29) is 17.1 Å². The van der Waals surface area contributed by atoms with Crippen molar-refractivity contribution in [2.75, 3.05) is 6.54 Å². The summed E-state index contributed by atoms with van der Waals surface area (Å²) in [6, 6.07) is 16.1. The van der Waals surface area contributed by atoms with E-state index in [4.69, 9.17) is 12.2 Å². The lowest BCUT2D eigenvalue weighted by molar-refractivity contribution is 0.0943. The van der Waals surface area contributed by atoms with Gasteiger partial charge < -0.3 is 10.3 Å². The van der Waals surface area contributed by atoms with Crippen LogP contribution < -0.4 is 5.32 Å². The van der Waals surface area contributed by atoms with E-state index >= 15 is 0 Å². The molecule has 1 fully saturated rings. The molecule has 0 saturated heterocycles. The number of nitrogens with one attached hydrogen (secondary N) is 2. The predicted molar refractivity (Wildman–Crippen MR) is 101 cm³/mol. The third-order valence-corrected chi connectivity index (χ3v) is 5.22. The van der Waals surface area contributed by atoms with E-state index in [0.717, 1.165) is 12.8 Å². The Labute approximate surface area is 155 Å². The summed E-state index contributed by atoms with van der Waals surface area (Å²) in [5.74, 6) is -0.538. The fraction of sp³-hybridized carbons (Fsp3) is 0.200. The lowest BCUT2D eigenvalue weighted by Crippen LogP contribution is -2.33. The summed E-state index contributed by atoms with van der Waals surface area (Å²) in [4.78, 5) is 15.7. The number of nitrogens with zero attached hydrogens (tertiary/aromatic N) is 1. The van der Waals surface area contributed by atoms with Crippen molar-refractivity contribution in [1.82, 2.24) is 14.9 Å². The minimum absolute atomic E-state index is 0.0325. The van der Waals surface area contributed by atoms with Crippen LogP contribution in [0.5, 0.6) is 0 Å². The molecule has 0 atom stereocenters. The van der Waals surface area contributed by atoms with Gasteiger partial charge in [0.05, 0.1) is 0 Å². The van der Waals surface area contributed by atoms with Gasteiger partial charge in [0, 0.05) is 23.8 Å². The quantitative estimate of drug-likeness (QED) is 0.666. The first-order chi connectivity index (χ1) is 12.6. The first kappa shape index (κ1) is 16.7. The molecule has 1 aliphatic carbocycles. The molecule has 4 nitrogen and oxygen atoms in total. The van der Waals surface area contributed by atoms with Crippen LogP contribution in [0.3, 0.4) is 0 Å². The fourth-order valence-corrected chi connectivity index (χ4v) is 3.50. The maximum atomic E-state index is 13.2. The number of amides is 1. The lowest BCUT2D eigenvalue weighted by Gasteiger charge is -2.17. The molecule has 0 bridgehead atoms. The highest BCUT2D eigenvalue weighted by atomic mass is 32.1. The number of halogens is 1. The van der Waals surface area contributed by atoms with Gasteiger partial charge in [0.25, 0.3) is 5.91 Å². The molecule has 0 unspecified atom stereocenters. The zero-order valence-electron chi connectivity index (χ0n) is 14.0. The topological polar surface area (TPSA) is 49.8 Å². The zero-order valence-corrected chi connectivity index (χ0v) is 14.9. The molecule has 1 saturated carbocycles. The summed E-state index contributed by atoms with van der Waals surface area (Å²) < 4.78 is 15.2. The minimum Gasteiger partial charge on any atom is -0.350 e. The number of aromatic amines is 1. The average Bonchev–Trinajstić information content (AvgIpc) is 3.37. The van der Waals surface area contributed by atoms with Gasteiger partial charge in [-0.1, -0.05) is 30.3 Å². The number of hydrogen-bond donors (Lipinski definition) is 2. The molecule has 132 valence electrons. The van der Waals surface area contributed by atoms with Crippen molar-refractivity contribution in [3.8, 4) is 5.69 Å². The molecule has 1 aromatic heterocycles. The van der Waals surface area contributed by atoms with Crippen molar-refractivity contribution in [1.29, 1.82) is 0 Å². The van der Waals surface area contributed by atoms with Crippen LogP contribution in [0.2, 0.25) is 0 Å². The summed E-state index contributed by atoms with van der Waals surface area (Å²) in [6.45, 7) is 0.581. The molecule has 0 radical (unpaired) electrons. The number of rotatable bonds is 5. The van der Waals surface area contributed by atoms with Crippen LogP contribution in [0.15, 0.2) is 60.8 Å². The van der Waals surface area contributed by atoms with Gasteiger partial charge in [-0.05, 0) is 54.9 Å². The second-order valence-corrected chi connectivity index (χ2v) is 7.01. The summed E-state index contributed by atoms with van der Waals surface area (Å²) in [5.41, 5.74) is 2.34. The maximum Gasteiger partial charge on any atom is 0.269 e. The molecule has 1 amide bonds. The molecule has 0 aliphatic heterocycles. The van der Waals surface area contributed by atoms with Gasteiger partial charge >= 0.3 is 0 Å². The van der Waals surface area contributed by atoms with Gasteiger partial charge in [-0.25, -0.2) is 4.39 Å². The first-order valence-electron chi connectivity index (χ1n) is 8.49. The highest BCUT2D eigenvalue weighted by Crippen LogP contribution is 2.47. The second-order valence-electron chi connectivity index (χ2n) is 6.62. The number of benzene rings is 2. The third-order valence-electron chi connectivity index (χ3n) is 4.92. The van der Waals surface area contributed by atoms with Gasteiger partial charge in [-0.2, -0.15) is 0 Å². The van der Waals surface area contributed by atoms with Crippen molar-refractivity contribution in [2.45, 2.75) is 18.3 Å². The SMILES string of the molecule is O=C(NCC1(c2ccccc2)CC1)c1c[nH]c(=S)n1-c1ccc(F)cc1. The Morgan fingerprint density at radius 2 is 1.85 bits per heavy atom. The Bertz CT molecular complexity index is 988. The molecular formula is C20H18FN3OS. The second kappa shape index (κ2) is 6.53. The van der Waals surface area contributed by atoms with Gasteiger partial charge in [0.15, 0.2) is 4.77 Å². The first-order valence-corrected chi connectivity index (χ1v) is 8.90. The molecule has 2 aromatic carbocycles. The molecule has 0 spiro atoms. The molecule has 4 rings (SSSR count). The van der Waals surface area contributed by atoms with E-state index in [2.05, 4.69) is 22.4 Å². The van der Waals surface area contributed by atoms with Gasteiger partial charge in [-0.15, -0.1) is 0 Å². The van der Waals surface area contributed by atoms with Crippen LogP contribution in [-0.2, 0) is 5.41 Å². The number of H-pyrrole nitrogens is 1. The number of carbonyl (C=O) groups is 1. The standard InChI is InChI=1S/C20H18FN3OS/c21-15-6-8-16(9-7-15)24-17(12-22-19(24)26)18(25)23-13-20(10-11-20)14-4-2-1-3-5-14/h1-9,12H,10-11,13H2,(H,22,26)(H,23,25). The average molecular weight is 367 g/mol. The minimum atomic E-state index is -0.333. The molecule has 26 heavy (non-hydrogen) atoms. The maximum absolute atomic E-state index is 13.2. The Morgan fingerprint density at radius 1 is 1.15 bits per heavy atom. The summed E-state index contributed by atoms with van der Waals surface area (Å²) in [5, 5.41) is 3.03. The predicted octanol–water partition coefficient (Wildman–Crippen LogP) is 4.14. The van der Waals surface area contributed by atoms with Crippen LogP contribution >= 0.6 is 12.2 Å². The number of hydrogen-bond acceptors (Lipinski definition) is 2. The fourth-order valence-electron chi connectivity index (χ4n) is 3.23. The van der Waals surface area contributed by atoms with Crippen molar-refractivity contribution in [3.63, 3.8) is 0 Å².